The van der Waals surface area contributed by atoms with Crippen LogP contribution in [0, 0.1) is 0 Å². The van der Waals surface area contributed by atoms with Gasteiger partial charge < -0.3 is 19.7 Å². The number of rotatable bonds is 8. The molecule has 0 saturated heterocycles. The number of para-hydroxylation sites is 1. The van der Waals surface area contributed by atoms with Gasteiger partial charge >= 0.3 is 0 Å². The minimum atomic E-state index is -0.390. The van der Waals surface area contributed by atoms with E-state index in [0.717, 1.165) is 28.2 Å². The largest absolute Gasteiger partial charge is 0.497 e. The van der Waals surface area contributed by atoms with Crippen molar-refractivity contribution >= 4 is 11.8 Å². The Morgan fingerprint density at radius 2 is 1.69 bits per heavy atom. The molecule has 164 valence electrons. The van der Waals surface area contributed by atoms with Crippen molar-refractivity contribution in [1.29, 1.82) is 0 Å². The van der Waals surface area contributed by atoms with Gasteiger partial charge in [-0.05, 0) is 35.4 Å². The first-order valence-corrected chi connectivity index (χ1v) is 10.5. The van der Waals surface area contributed by atoms with Gasteiger partial charge in [0.25, 0.3) is 5.91 Å². The van der Waals surface area contributed by atoms with E-state index in [1.807, 2.05) is 72.8 Å². The molecule has 32 heavy (non-hydrogen) atoms. The summed E-state index contributed by atoms with van der Waals surface area (Å²) in [6.45, 7) is 0.831. The zero-order valence-corrected chi connectivity index (χ0v) is 18.2. The molecule has 1 N–H and O–H groups in total. The van der Waals surface area contributed by atoms with E-state index in [9.17, 15) is 9.59 Å². The Hall–Kier alpha value is -3.80. The molecule has 0 saturated carbocycles. The van der Waals surface area contributed by atoms with Crippen LogP contribution in [0.5, 0.6) is 11.5 Å². The predicted molar refractivity (Wildman–Crippen MR) is 122 cm³/mol. The molecule has 2 amide bonds. The molecule has 0 unspecified atom stereocenters. The highest BCUT2D eigenvalue weighted by Crippen LogP contribution is 2.34. The predicted octanol–water partition coefficient (Wildman–Crippen LogP) is 4.11. The second-order valence-electron chi connectivity index (χ2n) is 7.67. The Bertz CT molecular complexity index is 1110. The van der Waals surface area contributed by atoms with Crippen LogP contribution >= 0.6 is 0 Å². The minimum absolute atomic E-state index is 0.0565. The first-order valence-electron chi connectivity index (χ1n) is 10.5. The van der Waals surface area contributed by atoms with E-state index in [2.05, 4.69) is 5.32 Å². The number of methoxy groups -OCH3 is 2. The van der Waals surface area contributed by atoms with Gasteiger partial charge in [-0.15, -0.1) is 0 Å². The average molecular weight is 431 g/mol. The van der Waals surface area contributed by atoms with Gasteiger partial charge in [-0.2, -0.15) is 0 Å². The molecule has 6 nitrogen and oxygen atoms in total. The highest BCUT2D eigenvalue weighted by atomic mass is 16.5. The van der Waals surface area contributed by atoms with Gasteiger partial charge in [0.2, 0.25) is 5.91 Å². The molecule has 0 aromatic heterocycles. The van der Waals surface area contributed by atoms with Gasteiger partial charge in [-0.3, -0.25) is 9.59 Å². The van der Waals surface area contributed by atoms with E-state index in [4.69, 9.17) is 9.47 Å². The SMILES string of the molecule is COc1ccc([C@H](CC(=O)NCc2ccccc2OC)N2Cc3ccccc3C2=O)cc1. The van der Waals surface area contributed by atoms with Crippen LogP contribution in [0.25, 0.3) is 0 Å². The number of fused-ring (bicyclic) bond motifs is 1. The Morgan fingerprint density at radius 1 is 0.969 bits per heavy atom. The molecule has 1 atom stereocenters. The third kappa shape index (κ3) is 4.44. The van der Waals surface area contributed by atoms with Crippen molar-refractivity contribution in [3.8, 4) is 11.5 Å². The van der Waals surface area contributed by atoms with Crippen LogP contribution in [0.1, 0.15) is 39.5 Å². The van der Waals surface area contributed by atoms with E-state index in [0.29, 0.717) is 18.7 Å². The summed E-state index contributed by atoms with van der Waals surface area (Å²) in [6, 6.07) is 22.3. The normalized spacial score (nSPS) is 13.4. The standard InChI is InChI=1S/C26H26N2O4/c1-31-21-13-11-18(12-14-21)23(28-17-20-8-3-5-9-22(20)26(28)30)15-25(29)27-16-19-7-4-6-10-24(19)32-2/h3-14,23H,15-17H2,1-2H3,(H,27,29)/t23-/m0/s1. The first kappa shape index (κ1) is 21.4. The van der Waals surface area contributed by atoms with E-state index in [-0.39, 0.29) is 18.2 Å². The highest BCUT2D eigenvalue weighted by Gasteiger charge is 2.34. The molecule has 1 aliphatic rings. The van der Waals surface area contributed by atoms with Crippen molar-refractivity contribution in [2.75, 3.05) is 14.2 Å². The number of hydrogen-bond acceptors (Lipinski definition) is 4. The summed E-state index contributed by atoms with van der Waals surface area (Å²) in [5.74, 6) is 1.26. The number of carbonyl (C=O) groups is 2. The fourth-order valence-corrected chi connectivity index (χ4v) is 4.05. The van der Waals surface area contributed by atoms with Gasteiger partial charge in [-0.25, -0.2) is 0 Å². The summed E-state index contributed by atoms with van der Waals surface area (Å²) in [5, 5.41) is 2.97. The summed E-state index contributed by atoms with van der Waals surface area (Å²) >= 11 is 0. The van der Waals surface area contributed by atoms with E-state index in [1.54, 1.807) is 19.1 Å². The summed E-state index contributed by atoms with van der Waals surface area (Å²) in [7, 11) is 3.22. The number of amides is 2. The fourth-order valence-electron chi connectivity index (χ4n) is 4.05. The lowest BCUT2D eigenvalue weighted by molar-refractivity contribution is -0.122. The summed E-state index contributed by atoms with van der Waals surface area (Å²) in [4.78, 5) is 27.8. The molecule has 0 fully saturated rings. The summed E-state index contributed by atoms with van der Waals surface area (Å²) in [5.41, 5.74) is 3.46. The van der Waals surface area contributed by atoms with Crippen molar-refractivity contribution in [1.82, 2.24) is 10.2 Å². The molecule has 0 radical (unpaired) electrons. The molecular formula is C26H26N2O4. The minimum Gasteiger partial charge on any atom is -0.497 e. The van der Waals surface area contributed by atoms with Gasteiger partial charge in [0, 0.05) is 24.2 Å². The van der Waals surface area contributed by atoms with E-state index >= 15 is 0 Å². The number of ether oxygens (including phenoxy) is 2. The maximum atomic E-state index is 13.1. The number of hydrogen-bond donors (Lipinski definition) is 1. The summed E-state index contributed by atoms with van der Waals surface area (Å²) < 4.78 is 10.6. The van der Waals surface area contributed by atoms with Gasteiger partial charge in [0.15, 0.2) is 0 Å². The molecular weight excluding hydrogens is 404 g/mol. The molecule has 1 aliphatic heterocycles. The zero-order valence-electron chi connectivity index (χ0n) is 18.2. The van der Waals surface area contributed by atoms with Crippen molar-refractivity contribution in [2.24, 2.45) is 0 Å². The second-order valence-corrected chi connectivity index (χ2v) is 7.67. The molecule has 0 aliphatic carbocycles. The monoisotopic (exact) mass is 430 g/mol. The first-order chi connectivity index (χ1) is 15.6. The third-order valence-corrected chi connectivity index (χ3v) is 5.77. The van der Waals surface area contributed by atoms with Crippen LogP contribution in [0.4, 0.5) is 0 Å². The molecule has 3 aromatic rings. The molecule has 1 heterocycles. The highest BCUT2D eigenvalue weighted by molar-refractivity contribution is 5.98. The lowest BCUT2D eigenvalue weighted by Crippen LogP contribution is -2.34. The lowest BCUT2D eigenvalue weighted by Gasteiger charge is -2.28. The molecule has 0 bridgehead atoms. The molecule has 3 aromatic carbocycles. The Morgan fingerprint density at radius 3 is 2.41 bits per heavy atom. The Labute approximate surface area is 187 Å². The van der Waals surface area contributed by atoms with Gasteiger partial charge in [0.05, 0.1) is 26.7 Å². The van der Waals surface area contributed by atoms with Crippen molar-refractivity contribution in [3.05, 3.63) is 95.1 Å². The van der Waals surface area contributed by atoms with Crippen LogP contribution in [-0.4, -0.2) is 30.9 Å². The van der Waals surface area contributed by atoms with E-state index < -0.39 is 6.04 Å². The number of nitrogens with one attached hydrogen (secondary N) is 1. The van der Waals surface area contributed by atoms with Crippen molar-refractivity contribution < 1.29 is 19.1 Å². The molecule has 0 spiro atoms. The van der Waals surface area contributed by atoms with Crippen LogP contribution in [0.2, 0.25) is 0 Å². The van der Waals surface area contributed by atoms with Crippen LogP contribution in [-0.2, 0) is 17.9 Å². The fraction of sp³-hybridized carbons (Fsp3) is 0.231. The lowest BCUT2D eigenvalue weighted by atomic mass is 10.0. The van der Waals surface area contributed by atoms with Gasteiger partial charge in [-0.1, -0.05) is 48.5 Å². The number of benzene rings is 3. The van der Waals surface area contributed by atoms with Crippen LogP contribution < -0.4 is 14.8 Å². The maximum Gasteiger partial charge on any atom is 0.255 e. The maximum absolute atomic E-state index is 13.1. The van der Waals surface area contributed by atoms with Gasteiger partial charge in [0.1, 0.15) is 11.5 Å². The topological polar surface area (TPSA) is 67.9 Å². The second kappa shape index (κ2) is 9.56. The average Bonchev–Trinajstić information content (AvgIpc) is 3.17. The Kier molecular flexibility index (Phi) is 6.40. The molecule has 4 rings (SSSR count). The summed E-state index contributed by atoms with van der Waals surface area (Å²) in [6.07, 6.45) is 0.154. The smallest absolute Gasteiger partial charge is 0.255 e. The quantitative estimate of drug-likeness (QED) is 0.584. The number of nitrogens with zero attached hydrogens (tertiary/aromatic N) is 1. The van der Waals surface area contributed by atoms with E-state index in [1.165, 1.54) is 0 Å². The van der Waals surface area contributed by atoms with Crippen molar-refractivity contribution in [3.63, 3.8) is 0 Å². The third-order valence-electron chi connectivity index (χ3n) is 5.77. The van der Waals surface area contributed by atoms with Crippen LogP contribution in [0.3, 0.4) is 0 Å². The van der Waals surface area contributed by atoms with Crippen LogP contribution in [0.15, 0.2) is 72.8 Å². The molecule has 6 heteroatoms. The van der Waals surface area contributed by atoms with Crippen molar-refractivity contribution in [2.45, 2.75) is 25.6 Å². The zero-order chi connectivity index (χ0) is 22.5. The number of carbonyl (C=O) groups excluding carboxylic acids is 2. The Balaban J connectivity index is 1.54.